The smallest absolute Gasteiger partial charge is 0.175 e. The average molecular weight is 423 g/mol. The lowest BCUT2D eigenvalue weighted by atomic mass is 10.1. The fourth-order valence-electron chi connectivity index (χ4n) is 3.17. The van der Waals surface area contributed by atoms with Gasteiger partial charge in [0.1, 0.15) is 5.75 Å². The largest absolute Gasteiger partial charge is 0.496 e. The minimum atomic E-state index is -3.30. The number of fused-ring (bicyclic) bond motifs is 1. The van der Waals surface area contributed by atoms with Crippen molar-refractivity contribution in [2.24, 2.45) is 0 Å². The van der Waals surface area contributed by atoms with Gasteiger partial charge in [0.25, 0.3) is 0 Å². The summed E-state index contributed by atoms with van der Waals surface area (Å²) in [7, 11) is -0.111. The Morgan fingerprint density at radius 2 is 2.04 bits per heavy atom. The van der Waals surface area contributed by atoms with E-state index < -0.39 is 9.84 Å². The van der Waals surface area contributed by atoms with Crippen LogP contribution in [0.1, 0.15) is 22.5 Å². The molecule has 8 heteroatoms. The second-order valence-electron chi connectivity index (χ2n) is 6.58. The third kappa shape index (κ3) is 4.48. The fourth-order valence-corrected chi connectivity index (χ4v) is 4.10. The van der Waals surface area contributed by atoms with Gasteiger partial charge in [0.15, 0.2) is 9.84 Å². The van der Waals surface area contributed by atoms with E-state index in [4.69, 9.17) is 26.1 Å². The van der Waals surface area contributed by atoms with Crippen LogP contribution in [0.25, 0.3) is 5.03 Å². The Kier molecular flexibility index (Phi) is 6.27. The van der Waals surface area contributed by atoms with Crippen LogP contribution < -0.4 is 10.1 Å². The van der Waals surface area contributed by atoms with E-state index in [9.17, 15) is 8.42 Å². The third-order valence-corrected chi connectivity index (χ3v) is 5.99. The minimum absolute atomic E-state index is 0.230. The molecular weight excluding hydrogens is 400 g/mol. The van der Waals surface area contributed by atoms with Crippen molar-refractivity contribution >= 4 is 32.2 Å². The first-order valence-corrected chi connectivity index (χ1v) is 11.1. The van der Waals surface area contributed by atoms with Gasteiger partial charge < -0.3 is 14.8 Å². The van der Waals surface area contributed by atoms with Crippen molar-refractivity contribution < 1.29 is 17.9 Å². The molecule has 1 heterocycles. The number of ether oxygens (including phenoxy) is 2. The summed E-state index contributed by atoms with van der Waals surface area (Å²) in [4.78, 5) is 4.98. The number of sulfone groups is 1. The number of halogens is 1. The first-order chi connectivity index (χ1) is 13.3. The summed E-state index contributed by atoms with van der Waals surface area (Å²) < 4.78 is 34.1. The van der Waals surface area contributed by atoms with Crippen molar-refractivity contribution in [2.75, 3.05) is 38.9 Å². The number of anilines is 1. The number of pyridine rings is 1. The number of nitrogens with zero attached hydrogens (tertiary/aromatic N) is 1. The van der Waals surface area contributed by atoms with Crippen molar-refractivity contribution in [3.05, 3.63) is 52.9 Å². The second kappa shape index (κ2) is 8.51. The molecule has 0 unspecified atom stereocenters. The molecular formula is C20H23ClN2O4S. The molecule has 28 heavy (non-hydrogen) atoms. The summed E-state index contributed by atoms with van der Waals surface area (Å²) >= 11 is 6.35. The molecule has 1 aliphatic rings. The molecule has 1 aliphatic carbocycles. The van der Waals surface area contributed by atoms with Gasteiger partial charge in [-0.25, -0.2) is 8.42 Å². The van der Waals surface area contributed by atoms with Crippen molar-refractivity contribution in [2.45, 2.75) is 17.7 Å². The van der Waals surface area contributed by atoms with Crippen LogP contribution in [-0.4, -0.2) is 47.0 Å². The normalized spacial score (nSPS) is 13.2. The monoisotopic (exact) mass is 422 g/mol. The van der Waals surface area contributed by atoms with Gasteiger partial charge in [-0.3, -0.25) is 4.98 Å². The van der Waals surface area contributed by atoms with Gasteiger partial charge in [0.2, 0.25) is 0 Å². The highest BCUT2D eigenvalue weighted by Gasteiger charge is 2.20. The molecule has 1 N–H and O–H groups in total. The van der Waals surface area contributed by atoms with Crippen LogP contribution in [0.15, 0.2) is 35.2 Å². The van der Waals surface area contributed by atoms with Crippen LogP contribution in [0.5, 0.6) is 5.75 Å². The number of nitrogens with one attached hydrogen (secondary N) is 1. The molecule has 0 amide bonds. The molecule has 6 nitrogen and oxygen atoms in total. The Hall–Kier alpha value is -2.09. The zero-order valence-corrected chi connectivity index (χ0v) is 17.7. The third-order valence-electron chi connectivity index (χ3n) is 4.54. The average Bonchev–Trinajstić information content (AvgIpc) is 3.02. The molecule has 1 aromatic heterocycles. The molecule has 0 radical (unpaired) electrons. The summed E-state index contributed by atoms with van der Waals surface area (Å²) in [6, 6.07) is 6.89. The van der Waals surface area contributed by atoms with E-state index in [1.54, 1.807) is 25.3 Å². The maximum atomic E-state index is 11.8. The number of allylic oxidation sites excluding steroid dienone is 1. The van der Waals surface area contributed by atoms with Crippen LogP contribution in [0.3, 0.4) is 0 Å². The van der Waals surface area contributed by atoms with Crippen molar-refractivity contribution in [3.63, 3.8) is 0 Å². The quantitative estimate of drug-likeness (QED) is 0.658. The Morgan fingerprint density at radius 1 is 1.25 bits per heavy atom. The van der Waals surface area contributed by atoms with Crippen LogP contribution in [0, 0.1) is 0 Å². The van der Waals surface area contributed by atoms with E-state index in [0.717, 1.165) is 28.2 Å². The van der Waals surface area contributed by atoms with E-state index in [1.165, 1.54) is 13.4 Å². The van der Waals surface area contributed by atoms with E-state index in [0.29, 0.717) is 36.8 Å². The maximum Gasteiger partial charge on any atom is 0.175 e. The van der Waals surface area contributed by atoms with E-state index in [1.807, 2.05) is 12.1 Å². The lowest BCUT2D eigenvalue weighted by Crippen LogP contribution is -2.11. The van der Waals surface area contributed by atoms with Gasteiger partial charge in [0, 0.05) is 60.3 Å². The molecule has 0 atom stereocenters. The standard InChI is InChI=1S/C20H23ClN2O4S/c1-26-9-8-22-18-11-14(23-17-7-6-16(21)20(17)18)10-13-4-5-15(28(3,24)25)12-19(13)27-2/h4-6,11-12H,7-10H2,1-3H3,(H,22,23). The van der Waals surface area contributed by atoms with Gasteiger partial charge in [-0.15, -0.1) is 0 Å². The van der Waals surface area contributed by atoms with Gasteiger partial charge in [-0.2, -0.15) is 0 Å². The van der Waals surface area contributed by atoms with Crippen molar-refractivity contribution in [1.82, 2.24) is 4.98 Å². The second-order valence-corrected chi connectivity index (χ2v) is 9.00. The van der Waals surface area contributed by atoms with E-state index in [2.05, 4.69) is 5.32 Å². The minimum Gasteiger partial charge on any atom is -0.496 e. The van der Waals surface area contributed by atoms with Gasteiger partial charge in [-0.1, -0.05) is 23.7 Å². The highest BCUT2D eigenvalue weighted by Crippen LogP contribution is 2.36. The molecule has 0 bridgehead atoms. The Balaban J connectivity index is 1.94. The number of rotatable bonds is 8. The topological polar surface area (TPSA) is 77.5 Å². The molecule has 0 saturated heterocycles. The lowest BCUT2D eigenvalue weighted by Gasteiger charge is -2.15. The zero-order valence-electron chi connectivity index (χ0n) is 16.1. The Morgan fingerprint density at radius 3 is 2.71 bits per heavy atom. The van der Waals surface area contributed by atoms with E-state index in [-0.39, 0.29) is 4.90 Å². The number of aromatic nitrogens is 1. The molecule has 2 aromatic rings. The summed E-state index contributed by atoms with van der Waals surface area (Å²) in [5.74, 6) is 0.523. The predicted molar refractivity (Wildman–Crippen MR) is 111 cm³/mol. The highest BCUT2D eigenvalue weighted by atomic mass is 35.5. The summed E-state index contributed by atoms with van der Waals surface area (Å²) in [5.41, 5.74) is 4.49. The molecule has 0 saturated carbocycles. The molecule has 0 aliphatic heterocycles. The van der Waals surface area contributed by atoms with Crippen LogP contribution in [0.4, 0.5) is 5.69 Å². The summed E-state index contributed by atoms with van der Waals surface area (Å²) in [5, 5.41) is 4.06. The molecule has 0 spiro atoms. The van der Waals surface area contributed by atoms with Crippen molar-refractivity contribution in [1.29, 1.82) is 0 Å². The van der Waals surface area contributed by atoms with Gasteiger partial charge in [-0.05, 0) is 18.2 Å². The summed E-state index contributed by atoms with van der Waals surface area (Å²) in [6.07, 6.45) is 4.33. The summed E-state index contributed by atoms with van der Waals surface area (Å²) in [6.45, 7) is 1.23. The molecule has 3 rings (SSSR count). The molecule has 1 aromatic carbocycles. The Bertz CT molecular complexity index is 1020. The number of benzene rings is 1. The number of hydrogen-bond acceptors (Lipinski definition) is 6. The fraction of sp³-hybridized carbons (Fsp3) is 0.350. The number of methoxy groups -OCH3 is 2. The Labute approximate surface area is 170 Å². The van der Waals surface area contributed by atoms with Gasteiger partial charge >= 0.3 is 0 Å². The van der Waals surface area contributed by atoms with Gasteiger partial charge in [0.05, 0.1) is 24.3 Å². The highest BCUT2D eigenvalue weighted by molar-refractivity contribution is 7.90. The zero-order chi connectivity index (χ0) is 20.3. The van der Waals surface area contributed by atoms with E-state index >= 15 is 0 Å². The number of hydrogen-bond donors (Lipinski definition) is 1. The van der Waals surface area contributed by atoms with Crippen molar-refractivity contribution in [3.8, 4) is 5.75 Å². The predicted octanol–water partition coefficient (Wildman–Crippen LogP) is 3.28. The first kappa shape index (κ1) is 20.6. The molecule has 0 fully saturated rings. The SMILES string of the molecule is COCCNc1cc(Cc2ccc(S(C)(=O)=O)cc2OC)nc2c1C(Cl)=CC2. The lowest BCUT2D eigenvalue weighted by molar-refractivity contribution is 0.211. The van der Waals surface area contributed by atoms with Crippen LogP contribution in [0.2, 0.25) is 0 Å². The first-order valence-electron chi connectivity index (χ1n) is 8.82. The maximum absolute atomic E-state index is 11.8. The van der Waals surface area contributed by atoms with Crippen LogP contribution >= 0.6 is 11.6 Å². The van der Waals surface area contributed by atoms with Crippen LogP contribution in [-0.2, 0) is 27.4 Å². The molecule has 150 valence electrons.